The zero-order valence-corrected chi connectivity index (χ0v) is 32.2. The van der Waals surface area contributed by atoms with Gasteiger partial charge >= 0.3 is 0 Å². The van der Waals surface area contributed by atoms with E-state index in [0.717, 1.165) is 51.6 Å². The van der Waals surface area contributed by atoms with E-state index in [1.807, 2.05) is 6.92 Å². The Hall–Kier alpha value is -3.01. The van der Waals surface area contributed by atoms with E-state index in [2.05, 4.69) is 117 Å². The quantitative estimate of drug-likeness (QED) is 0.253. The predicted octanol–water partition coefficient (Wildman–Crippen LogP) is 8.96. The van der Waals surface area contributed by atoms with E-state index in [0.29, 0.717) is 24.3 Å². The lowest BCUT2D eigenvalue weighted by Crippen LogP contribution is -2.43. The summed E-state index contributed by atoms with van der Waals surface area (Å²) in [4.78, 5) is 7.26. The normalized spacial score (nSPS) is 18.5. The van der Waals surface area contributed by atoms with Crippen LogP contribution in [0.15, 0.2) is 54.6 Å². The number of hydrogen-bond donors (Lipinski definition) is 1. The third kappa shape index (κ3) is 10.3. The number of β-amino-alcohol motifs (C(OH)–C–C–N with tert-alkyl or cyclic N) is 1. The first-order chi connectivity index (χ1) is 24.0. The number of nitriles is 1. The monoisotopic (exact) mass is 677 g/mol. The Bertz CT molecular complexity index is 1580. The highest BCUT2D eigenvalue weighted by Gasteiger charge is 2.28. The maximum Gasteiger partial charge on any atom is 0.0868 e. The standard InChI is InChI=1S/C16H23N.C15H23NO.C14H18N2/c1-12(2)14-7-6-13-8-9-17(11-15(13)10-14)16-4-3-5-16;1-11(2)14-5-4-13-6-7-16(9-12(3)17)10-15(13)8-14;1-11(2)13-4-3-12-5-7-16(8-6-15)10-14(12)9-13/h6-7,10,12,16H,3-5,8-9,11H2,1-2H3;4-5,8,11-12,17H,6-7,9-10H2,1-3H3;3-4,9,11H,5,7-8,10H2,1-2H3. The number of hydrogen-bond acceptors (Lipinski definition) is 5. The van der Waals surface area contributed by atoms with Gasteiger partial charge in [0.2, 0.25) is 0 Å². The molecule has 1 aliphatic carbocycles. The highest BCUT2D eigenvalue weighted by atomic mass is 16.3. The number of aliphatic hydroxyl groups is 1. The van der Waals surface area contributed by atoms with Crippen molar-refractivity contribution >= 4 is 0 Å². The van der Waals surface area contributed by atoms with Crippen molar-refractivity contribution in [2.75, 3.05) is 32.7 Å². The molecule has 1 atom stereocenters. The molecule has 0 radical (unpaired) electrons. The molecule has 3 aromatic rings. The van der Waals surface area contributed by atoms with Gasteiger partial charge in [-0.1, -0.05) is 103 Å². The van der Waals surface area contributed by atoms with Gasteiger partial charge in [-0.2, -0.15) is 5.26 Å². The molecule has 3 aliphatic heterocycles. The van der Waals surface area contributed by atoms with E-state index in [1.54, 1.807) is 11.1 Å². The number of aliphatic hydroxyl groups excluding tert-OH is 1. The molecule has 1 unspecified atom stereocenters. The molecular formula is C45H64N4O. The third-order valence-electron chi connectivity index (χ3n) is 11.3. The first kappa shape index (κ1) is 38.2. The molecule has 3 aromatic carbocycles. The van der Waals surface area contributed by atoms with E-state index < -0.39 is 0 Å². The van der Waals surface area contributed by atoms with Crippen LogP contribution in [0.4, 0.5) is 0 Å². The van der Waals surface area contributed by atoms with Crippen molar-refractivity contribution in [2.24, 2.45) is 0 Å². The van der Waals surface area contributed by atoms with Crippen molar-refractivity contribution in [3.05, 3.63) is 105 Å². The van der Waals surface area contributed by atoms with Gasteiger partial charge < -0.3 is 5.11 Å². The highest BCUT2D eigenvalue weighted by molar-refractivity contribution is 5.37. The first-order valence-corrected chi connectivity index (χ1v) is 19.6. The fourth-order valence-corrected chi connectivity index (χ4v) is 7.78. The summed E-state index contributed by atoms with van der Waals surface area (Å²) in [6.45, 7) is 23.1. The summed E-state index contributed by atoms with van der Waals surface area (Å²) in [5.41, 5.74) is 13.3. The van der Waals surface area contributed by atoms with Crippen molar-refractivity contribution < 1.29 is 5.11 Å². The second-order valence-electron chi connectivity index (χ2n) is 16.3. The van der Waals surface area contributed by atoms with E-state index in [4.69, 9.17) is 5.26 Å². The first-order valence-electron chi connectivity index (χ1n) is 19.6. The van der Waals surface area contributed by atoms with Crippen LogP contribution in [0, 0.1) is 11.3 Å². The molecule has 7 rings (SSSR count). The van der Waals surface area contributed by atoms with E-state index in [9.17, 15) is 5.11 Å². The van der Waals surface area contributed by atoms with E-state index in [-0.39, 0.29) is 6.10 Å². The van der Waals surface area contributed by atoms with Crippen molar-refractivity contribution in [1.82, 2.24) is 14.7 Å². The molecular weight excluding hydrogens is 613 g/mol. The SMILES string of the molecule is CC(C)c1ccc2c(c1)CN(C1CCC1)CC2.CC(C)c1ccc2c(c1)CN(CC#N)CC2.CC(O)CN1CCc2ccc(C(C)C)cc2C1. The minimum absolute atomic E-state index is 0.232. The van der Waals surface area contributed by atoms with Crippen LogP contribution in [0.25, 0.3) is 0 Å². The molecule has 50 heavy (non-hydrogen) atoms. The lowest BCUT2D eigenvalue weighted by atomic mass is 9.87. The fourth-order valence-electron chi connectivity index (χ4n) is 7.78. The van der Waals surface area contributed by atoms with Crippen LogP contribution in [-0.2, 0) is 38.9 Å². The topological polar surface area (TPSA) is 53.7 Å². The smallest absolute Gasteiger partial charge is 0.0868 e. The van der Waals surface area contributed by atoms with Crippen LogP contribution >= 0.6 is 0 Å². The highest BCUT2D eigenvalue weighted by Crippen LogP contribution is 2.31. The summed E-state index contributed by atoms with van der Waals surface area (Å²) in [7, 11) is 0. The molecule has 0 aromatic heterocycles. The minimum Gasteiger partial charge on any atom is -0.392 e. The predicted molar refractivity (Wildman–Crippen MR) is 209 cm³/mol. The molecule has 5 nitrogen and oxygen atoms in total. The lowest BCUT2D eigenvalue weighted by molar-refractivity contribution is 0.113. The van der Waals surface area contributed by atoms with Gasteiger partial charge in [0.05, 0.1) is 18.7 Å². The molecule has 4 aliphatic rings. The summed E-state index contributed by atoms with van der Waals surface area (Å²) in [6, 6.07) is 23.9. The van der Waals surface area contributed by atoms with Crippen molar-refractivity contribution in [2.45, 2.75) is 137 Å². The molecule has 1 fully saturated rings. The molecule has 3 heterocycles. The molecule has 0 bridgehead atoms. The Balaban J connectivity index is 0.000000146. The summed E-state index contributed by atoms with van der Waals surface area (Å²) in [5, 5.41) is 18.2. The van der Waals surface area contributed by atoms with Crippen LogP contribution in [0.2, 0.25) is 0 Å². The van der Waals surface area contributed by atoms with Crippen molar-refractivity contribution in [3.8, 4) is 6.07 Å². The van der Waals surface area contributed by atoms with Crippen LogP contribution in [0.5, 0.6) is 0 Å². The Morgan fingerprint density at radius 1 is 0.620 bits per heavy atom. The second-order valence-corrected chi connectivity index (χ2v) is 16.3. The maximum absolute atomic E-state index is 9.45. The van der Waals surface area contributed by atoms with Crippen molar-refractivity contribution in [1.29, 1.82) is 5.26 Å². The Labute approximate surface area is 304 Å². The van der Waals surface area contributed by atoms with Gasteiger partial charge in [0.1, 0.15) is 0 Å². The number of rotatable bonds is 7. The van der Waals surface area contributed by atoms with Gasteiger partial charge in [-0.3, -0.25) is 14.7 Å². The average molecular weight is 677 g/mol. The molecule has 270 valence electrons. The minimum atomic E-state index is -0.232. The van der Waals surface area contributed by atoms with Crippen LogP contribution in [0.1, 0.15) is 136 Å². The molecule has 1 saturated carbocycles. The molecule has 1 N–H and O–H groups in total. The van der Waals surface area contributed by atoms with Gasteiger partial charge in [-0.25, -0.2) is 0 Å². The summed E-state index contributed by atoms with van der Waals surface area (Å²) in [6.07, 6.45) is 7.52. The fraction of sp³-hybridized carbons (Fsp3) is 0.578. The van der Waals surface area contributed by atoms with Gasteiger partial charge in [0.15, 0.2) is 0 Å². The van der Waals surface area contributed by atoms with Crippen LogP contribution in [0.3, 0.4) is 0 Å². The zero-order chi connectivity index (χ0) is 35.8. The molecule has 0 spiro atoms. The van der Waals surface area contributed by atoms with Gasteiger partial charge in [-0.05, 0) is 107 Å². The van der Waals surface area contributed by atoms with Gasteiger partial charge in [0, 0.05) is 51.9 Å². The van der Waals surface area contributed by atoms with E-state index >= 15 is 0 Å². The van der Waals surface area contributed by atoms with Gasteiger partial charge in [-0.15, -0.1) is 0 Å². The summed E-state index contributed by atoms with van der Waals surface area (Å²) in [5.74, 6) is 1.82. The molecule has 0 amide bonds. The number of fused-ring (bicyclic) bond motifs is 3. The number of nitrogens with zero attached hydrogens (tertiary/aromatic N) is 4. The Morgan fingerprint density at radius 2 is 1.06 bits per heavy atom. The third-order valence-corrected chi connectivity index (χ3v) is 11.3. The molecule has 0 saturated heterocycles. The Kier molecular flexibility index (Phi) is 13.7. The largest absolute Gasteiger partial charge is 0.392 e. The Morgan fingerprint density at radius 3 is 1.48 bits per heavy atom. The van der Waals surface area contributed by atoms with Crippen LogP contribution in [-0.4, -0.2) is 64.7 Å². The van der Waals surface area contributed by atoms with Crippen LogP contribution < -0.4 is 0 Å². The maximum atomic E-state index is 9.45. The summed E-state index contributed by atoms with van der Waals surface area (Å²) < 4.78 is 0. The van der Waals surface area contributed by atoms with Gasteiger partial charge in [0.25, 0.3) is 0 Å². The second kappa shape index (κ2) is 18.0. The molecule has 5 heteroatoms. The van der Waals surface area contributed by atoms with E-state index in [1.165, 1.54) is 77.7 Å². The average Bonchev–Trinajstić information content (AvgIpc) is 3.07. The lowest BCUT2D eigenvalue weighted by Gasteiger charge is -2.40. The number of benzene rings is 3. The summed E-state index contributed by atoms with van der Waals surface area (Å²) >= 11 is 0. The van der Waals surface area contributed by atoms with Crippen molar-refractivity contribution in [3.63, 3.8) is 0 Å². The zero-order valence-electron chi connectivity index (χ0n) is 32.2.